The van der Waals surface area contributed by atoms with Gasteiger partial charge in [-0.3, -0.25) is 0 Å². The van der Waals surface area contributed by atoms with Gasteiger partial charge in [-0.2, -0.15) is 0 Å². The summed E-state index contributed by atoms with van der Waals surface area (Å²) in [6.45, 7) is 2.01. The van der Waals surface area contributed by atoms with Crippen molar-refractivity contribution in [2.75, 3.05) is 29.2 Å². The van der Waals surface area contributed by atoms with Crippen LogP contribution in [0.25, 0.3) is 0 Å². The van der Waals surface area contributed by atoms with E-state index in [2.05, 4.69) is 20.6 Å². The van der Waals surface area contributed by atoms with E-state index < -0.39 is 9.84 Å². The van der Waals surface area contributed by atoms with Gasteiger partial charge in [0.1, 0.15) is 27.3 Å². The van der Waals surface area contributed by atoms with Crippen molar-refractivity contribution in [3.05, 3.63) is 11.9 Å². The lowest BCUT2D eigenvalue weighted by Gasteiger charge is -2.23. The van der Waals surface area contributed by atoms with Crippen LogP contribution in [0.15, 0.2) is 6.07 Å². The maximum atomic E-state index is 11.4. The molecule has 0 bridgehead atoms. The fourth-order valence-corrected chi connectivity index (χ4v) is 3.59. The largest absolute Gasteiger partial charge is 0.373 e. The van der Waals surface area contributed by atoms with Gasteiger partial charge in [0.2, 0.25) is 0 Å². The minimum atomic E-state index is -2.82. The highest BCUT2D eigenvalue weighted by Crippen LogP contribution is 2.18. The molecule has 1 aliphatic rings. The van der Waals surface area contributed by atoms with Crippen LogP contribution in [0.1, 0.15) is 25.6 Å². The van der Waals surface area contributed by atoms with Crippen molar-refractivity contribution < 1.29 is 8.42 Å². The minimum absolute atomic E-state index is 0.174. The summed E-state index contributed by atoms with van der Waals surface area (Å²) < 4.78 is 22.8. The standard InChI is InChI=1S/C12H20N4O2S/c1-3-10-15-11(13-2)8-12(16-10)14-9-4-6-19(17,18)7-5-9/h8-9H,3-7H2,1-2H3,(H2,13,14,15,16). The van der Waals surface area contributed by atoms with E-state index >= 15 is 0 Å². The Morgan fingerprint density at radius 2 is 1.89 bits per heavy atom. The number of nitrogens with zero attached hydrogens (tertiary/aromatic N) is 2. The van der Waals surface area contributed by atoms with E-state index in [1.54, 1.807) is 0 Å². The van der Waals surface area contributed by atoms with Gasteiger partial charge < -0.3 is 10.6 Å². The zero-order valence-corrected chi connectivity index (χ0v) is 12.1. The molecule has 2 N–H and O–H groups in total. The fraction of sp³-hybridized carbons (Fsp3) is 0.667. The van der Waals surface area contributed by atoms with Gasteiger partial charge in [-0.25, -0.2) is 18.4 Å². The molecule has 0 atom stereocenters. The Hall–Kier alpha value is -1.37. The molecule has 0 unspecified atom stereocenters. The number of anilines is 2. The van der Waals surface area contributed by atoms with Crippen molar-refractivity contribution >= 4 is 21.5 Å². The van der Waals surface area contributed by atoms with E-state index in [1.165, 1.54) is 0 Å². The van der Waals surface area contributed by atoms with Gasteiger partial charge in [0.25, 0.3) is 0 Å². The molecule has 1 aromatic rings. The zero-order valence-electron chi connectivity index (χ0n) is 11.3. The van der Waals surface area contributed by atoms with Gasteiger partial charge in [0, 0.05) is 25.6 Å². The number of aromatic nitrogens is 2. The second kappa shape index (κ2) is 5.73. The van der Waals surface area contributed by atoms with Gasteiger partial charge in [-0.05, 0) is 12.8 Å². The van der Waals surface area contributed by atoms with Crippen LogP contribution < -0.4 is 10.6 Å². The van der Waals surface area contributed by atoms with E-state index in [0.717, 1.165) is 23.9 Å². The second-order valence-corrected chi connectivity index (χ2v) is 7.03. The smallest absolute Gasteiger partial charge is 0.150 e. The summed E-state index contributed by atoms with van der Waals surface area (Å²) in [5.74, 6) is 2.83. The van der Waals surface area contributed by atoms with Crippen LogP contribution in [0.5, 0.6) is 0 Å². The first-order chi connectivity index (χ1) is 9.02. The minimum Gasteiger partial charge on any atom is -0.373 e. The maximum absolute atomic E-state index is 11.4. The van der Waals surface area contributed by atoms with Gasteiger partial charge >= 0.3 is 0 Å². The first kappa shape index (κ1) is 14.0. The molecular formula is C12H20N4O2S. The maximum Gasteiger partial charge on any atom is 0.150 e. The number of sulfone groups is 1. The number of hydrogen-bond acceptors (Lipinski definition) is 6. The van der Waals surface area contributed by atoms with Crippen molar-refractivity contribution in [3.8, 4) is 0 Å². The average Bonchev–Trinajstić information content (AvgIpc) is 2.40. The Balaban J connectivity index is 2.07. The summed E-state index contributed by atoms with van der Waals surface area (Å²) in [6.07, 6.45) is 2.05. The SMILES string of the molecule is CCc1nc(NC)cc(NC2CCS(=O)(=O)CC2)n1. The molecule has 1 fully saturated rings. The molecule has 106 valence electrons. The van der Waals surface area contributed by atoms with Crippen molar-refractivity contribution in [3.63, 3.8) is 0 Å². The van der Waals surface area contributed by atoms with Crippen molar-refractivity contribution in [2.24, 2.45) is 0 Å². The van der Waals surface area contributed by atoms with E-state index in [9.17, 15) is 8.42 Å². The number of aryl methyl sites for hydroxylation is 1. The lowest BCUT2D eigenvalue weighted by Crippen LogP contribution is -2.32. The lowest BCUT2D eigenvalue weighted by molar-refractivity contribution is 0.559. The number of hydrogen-bond donors (Lipinski definition) is 2. The van der Waals surface area contributed by atoms with Gasteiger partial charge in [-0.1, -0.05) is 6.92 Å². The third kappa shape index (κ3) is 3.79. The quantitative estimate of drug-likeness (QED) is 0.860. The Bertz CT molecular complexity index is 508. The molecule has 6 nitrogen and oxygen atoms in total. The van der Waals surface area contributed by atoms with Crippen LogP contribution >= 0.6 is 0 Å². The first-order valence-corrected chi connectivity index (χ1v) is 8.37. The molecule has 2 rings (SSSR count). The summed E-state index contributed by atoms with van der Waals surface area (Å²) >= 11 is 0. The molecular weight excluding hydrogens is 264 g/mol. The highest BCUT2D eigenvalue weighted by Gasteiger charge is 2.23. The van der Waals surface area contributed by atoms with Gasteiger partial charge in [0.05, 0.1) is 11.5 Å². The van der Waals surface area contributed by atoms with Crippen LogP contribution in [0.4, 0.5) is 11.6 Å². The Morgan fingerprint density at radius 1 is 1.26 bits per heavy atom. The lowest BCUT2D eigenvalue weighted by atomic mass is 10.1. The zero-order chi connectivity index (χ0) is 13.9. The number of nitrogens with one attached hydrogen (secondary N) is 2. The van der Waals surface area contributed by atoms with E-state index in [-0.39, 0.29) is 17.5 Å². The average molecular weight is 284 g/mol. The molecule has 0 spiro atoms. The third-order valence-corrected chi connectivity index (χ3v) is 4.97. The molecule has 0 aromatic carbocycles. The summed E-state index contributed by atoms with van der Waals surface area (Å²) in [7, 11) is -1.00. The molecule has 1 aliphatic heterocycles. The Kier molecular flexibility index (Phi) is 4.24. The van der Waals surface area contributed by atoms with Crippen LogP contribution in [0, 0.1) is 0 Å². The van der Waals surface area contributed by atoms with E-state index in [4.69, 9.17) is 0 Å². The van der Waals surface area contributed by atoms with Crippen LogP contribution in [0.3, 0.4) is 0 Å². The second-order valence-electron chi connectivity index (χ2n) is 4.73. The topological polar surface area (TPSA) is 84.0 Å². The molecule has 7 heteroatoms. The highest BCUT2D eigenvalue weighted by atomic mass is 32.2. The Labute approximate surface area is 114 Å². The summed E-state index contributed by atoms with van der Waals surface area (Å²) in [6, 6.07) is 2.02. The van der Waals surface area contributed by atoms with Crippen LogP contribution in [-0.4, -0.2) is 43.0 Å². The van der Waals surface area contributed by atoms with Crippen LogP contribution in [0.2, 0.25) is 0 Å². The third-order valence-electron chi connectivity index (χ3n) is 3.25. The summed E-state index contributed by atoms with van der Waals surface area (Å²) in [5, 5.41) is 6.32. The molecule has 1 aromatic heterocycles. The molecule has 19 heavy (non-hydrogen) atoms. The van der Waals surface area contributed by atoms with E-state index in [1.807, 2.05) is 20.0 Å². The van der Waals surface area contributed by atoms with Gasteiger partial charge in [-0.15, -0.1) is 0 Å². The van der Waals surface area contributed by atoms with Crippen molar-refractivity contribution in [2.45, 2.75) is 32.2 Å². The number of rotatable bonds is 4. The van der Waals surface area contributed by atoms with Gasteiger partial charge in [0.15, 0.2) is 0 Å². The predicted molar refractivity (Wildman–Crippen MR) is 76.3 cm³/mol. The predicted octanol–water partition coefficient (Wildman–Crippen LogP) is 1.07. The first-order valence-electron chi connectivity index (χ1n) is 6.55. The fourth-order valence-electron chi connectivity index (χ4n) is 2.10. The molecule has 0 radical (unpaired) electrons. The summed E-state index contributed by atoms with van der Waals surface area (Å²) in [4.78, 5) is 8.75. The highest BCUT2D eigenvalue weighted by molar-refractivity contribution is 7.91. The monoisotopic (exact) mass is 284 g/mol. The summed E-state index contributed by atoms with van der Waals surface area (Å²) in [5.41, 5.74) is 0. The van der Waals surface area contributed by atoms with Crippen molar-refractivity contribution in [1.29, 1.82) is 0 Å². The molecule has 0 amide bonds. The van der Waals surface area contributed by atoms with E-state index in [0.29, 0.717) is 12.8 Å². The van der Waals surface area contributed by atoms with Crippen LogP contribution in [-0.2, 0) is 16.3 Å². The molecule has 2 heterocycles. The molecule has 0 aliphatic carbocycles. The van der Waals surface area contributed by atoms with Crippen molar-refractivity contribution in [1.82, 2.24) is 9.97 Å². The molecule has 1 saturated heterocycles. The Morgan fingerprint density at radius 3 is 2.47 bits per heavy atom. The normalized spacial score (nSPS) is 19.1. The molecule has 0 saturated carbocycles.